The number of thioether (sulfide) groups is 1. The van der Waals surface area contributed by atoms with Crippen molar-refractivity contribution in [2.45, 2.75) is 37.3 Å². The van der Waals surface area contributed by atoms with Crippen LogP contribution in [-0.2, 0) is 26.4 Å². The second-order valence-corrected chi connectivity index (χ2v) is 9.70. The molecule has 0 fully saturated rings. The molecule has 158 valence electrons. The molecule has 1 aromatic carbocycles. The smallest absolute Gasteiger partial charge is 0.240 e. The van der Waals surface area contributed by atoms with E-state index in [0.717, 1.165) is 12.3 Å². The van der Waals surface area contributed by atoms with E-state index in [9.17, 15) is 0 Å². The monoisotopic (exact) mass is 429 g/mol. The molecule has 0 radical (unpaired) electrons. The molecule has 2 aliphatic heterocycles. The molecule has 0 atom stereocenters. The van der Waals surface area contributed by atoms with Crippen LogP contribution >= 0.6 is 11.8 Å². The van der Waals surface area contributed by atoms with Gasteiger partial charge in [0.25, 0.3) is 0 Å². The van der Waals surface area contributed by atoms with Crippen LogP contribution in [0.25, 0.3) is 12.2 Å². The summed E-state index contributed by atoms with van der Waals surface area (Å²) in [6.07, 6.45) is 16.1. The average molecular weight is 430 g/mol. The molecule has 3 nitrogen and oxygen atoms in total. The minimum atomic E-state index is 1.01. The average Bonchev–Trinajstić information content (AvgIpc) is 2.80. The minimum Gasteiger partial charge on any atom is -0.371 e. The fourth-order valence-corrected chi connectivity index (χ4v) is 5.71. The van der Waals surface area contributed by atoms with Gasteiger partial charge in [-0.05, 0) is 66.1 Å². The van der Waals surface area contributed by atoms with Crippen LogP contribution in [0.4, 0.5) is 5.69 Å². The van der Waals surface area contributed by atoms with E-state index in [2.05, 4.69) is 94.3 Å². The molecular weight excluding hydrogens is 398 g/mol. The number of pyridine rings is 2. The van der Waals surface area contributed by atoms with E-state index in [1.54, 1.807) is 16.8 Å². The topological polar surface area (TPSA) is 11.0 Å². The van der Waals surface area contributed by atoms with Gasteiger partial charge in [-0.2, -0.15) is 4.57 Å². The summed E-state index contributed by atoms with van der Waals surface area (Å²) in [6.45, 7) is 3.48. The van der Waals surface area contributed by atoms with Crippen LogP contribution < -0.4 is 14.0 Å². The third kappa shape index (κ3) is 4.69. The molecule has 5 rings (SSSR count). The van der Waals surface area contributed by atoms with E-state index in [4.69, 9.17) is 0 Å². The van der Waals surface area contributed by atoms with E-state index in [0.29, 0.717) is 0 Å². The minimum absolute atomic E-state index is 1.01. The van der Waals surface area contributed by atoms with E-state index in [1.165, 1.54) is 54.9 Å². The third-order valence-electron chi connectivity index (χ3n) is 6.35. The van der Waals surface area contributed by atoms with E-state index < -0.39 is 0 Å². The molecule has 0 spiro atoms. The first-order chi connectivity index (χ1) is 15.3. The van der Waals surface area contributed by atoms with Crippen LogP contribution in [0.15, 0.2) is 66.1 Å². The van der Waals surface area contributed by atoms with E-state index in [-0.39, 0.29) is 0 Å². The molecule has 0 saturated heterocycles. The van der Waals surface area contributed by atoms with Gasteiger partial charge in [-0.25, -0.2) is 4.57 Å². The lowest BCUT2D eigenvalue weighted by atomic mass is 9.90. The summed E-state index contributed by atoms with van der Waals surface area (Å²) < 4.78 is 4.44. The molecule has 2 aromatic heterocycles. The van der Waals surface area contributed by atoms with Gasteiger partial charge < -0.3 is 4.90 Å². The van der Waals surface area contributed by atoms with Crippen molar-refractivity contribution >= 4 is 29.6 Å². The first kappa shape index (κ1) is 20.3. The summed E-state index contributed by atoms with van der Waals surface area (Å²) in [7, 11) is 2.10. The number of nitrogens with zero attached hydrogens (tertiary/aromatic N) is 3. The molecule has 0 saturated carbocycles. The molecule has 0 aliphatic carbocycles. The number of aryl methyl sites for hydroxylation is 4. The number of benzene rings is 1. The zero-order valence-corrected chi connectivity index (χ0v) is 19.2. The van der Waals surface area contributed by atoms with Gasteiger partial charge in [0, 0.05) is 43.0 Å². The van der Waals surface area contributed by atoms with Crippen molar-refractivity contribution in [3.63, 3.8) is 0 Å². The zero-order chi connectivity index (χ0) is 21.0. The Morgan fingerprint density at radius 1 is 0.903 bits per heavy atom. The SMILES string of the molecule is C[n+]1ccccc1SCC[n+]1ccc(C=Cc2cc3c4c(c2)CCCN4CCC3)cc1. The Kier molecular flexibility index (Phi) is 6.08. The fourth-order valence-electron chi connectivity index (χ4n) is 4.76. The van der Waals surface area contributed by atoms with Crippen LogP contribution in [0, 0.1) is 0 Å². The molecular formula is C27H31N3S+2. The lowest BCUT2D eigenvalue weighted by molar-refractivity contribution is -0.709. The van der Waals surface area contributed by atoms with Crippen molar-refractivity contribution in [3.05, 3.63) is 83.3 Å². The van der Waals surface area contributed by atoms with Gasteiger partial charge in [0.15, 0.2) is 25.1 Å². The van der Waals surface area contributed by atoms with Crippen molar-refractivity contribution in [2.75, 3.05) is 23.7 Å². The molecule has 2 aliphatic rings. The van der Waals surface area contributed by atoms with Gasteiger partial charge in [0.2, 0.25) is 5.03 Å². The van der Waals surface area contributed by atoms with E-state index in [1.807, 2.05) is 11.8 Å². The Morgan fingerprint density at radius 2 is 1.61 bits per heavy atom. The number of aromatic nitrogens is 2. The predicted octanol–water partition coefficient (Wildman–Crippen LogP) is 4.46. The highest BCUT2D eigenvalue weighted by molar-refractivity contribution is 7.99. The third-order valence-corrected chi connectivity index (χ3v) is 7.45. The summed E-state index contributed by atoms with van der Waals surface area (Å²) in [5.41, 5.74) is 7.27. The lowest BCUT2D eigenvalue weighted by Crippen LogP contribution is -2.35. The second kappa shape index (κ2) is 9.27. The molecule has 0 N–H and O–H groups in total. The Morgan fingerprint density at radius 3 is 2.32 bits per heavy atom. The van der Waals surface area contributed by atoms with Crippen LogP contribution in [0.5, 0.6) is 0 Å². The number of hydrogen-bond donors (Lipinski definition) is 0. The van der Waals surface area contributed by atoms with Crippen LogP contribution in [0.1, 0.15) is 35.1 Å². The van der Waals surface area contributed by atoms with Gasteiger partial charge in [-0.3, -0.25) is 0 Å². The van der Waals surface area contributed by atoms with Crippen molar-refractivity contribution in [1.82, 2.24) is 0 Å². The summed E-state index contributed by atoms with van der Waals surface area (Å²) >= 11 is 1.90. The molecule has 31 heavy (non-hydrogen) atoms. The summed E-state index contributed by atoms with van der Waals surface area (Å²) in [5, 5.41) is 1.30. The number of anilines is 1. The second-order valence-electron chi connectivity index (χ2n) is 8.58. The van der Waals surface area contributed by atoms with Crippen molar-refractivity contribution in [3.8, 4) is 0 Å². The van der Waals surface area contributed by atoms with Crippen LogP contribution in [0.2, 0.25) is 0 Å². The molecule has 4 heterocycles. The van der Waals surface area contributed by atoms with E-state index >= 15 is 0 Å². The first-order valence-electron chi connectivity index (χ1n) is 11.4. The highest BCUT2D eigenvalue weighted by Gasteiger charge is 2.23. The van der Waals surface area contributed by atoms with Crippen molar-refractivity contribution < 1.29 is 9.13 Å². The molecule has 0 amide bonds. The quantitative estimate of drug-likeness (QED) is 0.423. The fraction of sp³-hybridized carbons (Fsp3) is 0.333. The summed E-state index contributed by atoms with van der Waals surface area (Å²) in [6, 6.07) is 15.6. The number of rotatable bonds is 6. The van der Waals surface area contributed by atoms with Gasteiger partial charge >= 0.3 is 0 Å². The zero-order valence-electron chi connectivity index (χ0n) is 18.3. The van der Waals surface area contributed by atoms with Crippen molar-refractivity contribution in [1.29, 1.82) is 0 Å². The normalized spacial score (nSPS) is 15.3. The van der Waals surface area contributed by atoms with Crippen LogP contribution in [0.3, 0.4) is 0 Å². The lowest BCUT2D eigenvalue weighted by Gasteiger charge is -2.37. The molecule has 4 heteroatoms. The molecule has 3 aromatic rings. The molecule has 0 bridgehead atoms. The maximum atomic E-state index is 2.61. The standard InChI is InChI=1S/C27H31N3S/c1-28-13-3-2-8-26(28)31-19-18-29-16-11-22(12-17-29)9-10-23-20-24-6-4-14-30-15-5-7-25(21-23)27(24)30/h2-3,8-13,16-17,20-21H,4-7,14-15,18-19H2,1H3/q+2. The summed E-state index contributed by atoms with van der Waals surface area (Å²) in [4.78, 5) is 2.61. The first-order valence-corrected chi connectivity index (χ1v) is 12.4. The van der Waals surface area contributed by atoms with Crippen LogP contribution in [-0.4, -0.2) is 18.8 Å². The highest BCUT2D eigenvalue weighted by atomic mass is 32.2. The predicted molar refractivity (Wildman–Crippen MR) is 129 cm³/mol. The van der Waals surface area contributed by atoms with Crippen molar-refractivity contribution in [2.24, 2.45) is 7.05 Å². The van der Waals surface area contributed by atoms with Gasteiger partial charge in [0.05, 0.1) is 5.75 Å². The Hall–Kier alpha value is -2.59. The largest absolute Gasteiger partial charge is 0.371 e. The highest BCUT2D eigenvalue weighted by Crippen LogP contribution is 2.36. The summed E-state index contributed by atoms with van der Waals surface area (Å²) in [5.74, 6) is 1.06. The molecule has 0 unspecified atom stereocenters. The Balaban J connectivity index is 1.22. The Bertz CT molecular complexity index is 1060. The number of hydrogen-bond acceptors (Lipinski definition) is 2. The Labute approximate surface area is 190 Å². The van der Waals surface area contributed by atoms with Gasteiger partial charge in [-0.15, -0.1) is 0 Å². The maximum absolute atomic E-state index is 2.61. The van der Waals surface area contributed by atoms with Gasteiger partial charge in [0.1, 0.15) is 7.05 Å². The maximum Gasteiger partial charge on any atom is 0.240 e. The van der Waals surface area contributed by atoms with Gasteiger partial charge in [-0.1, -0.05) is 23.9 Å².